The molecule has 0 N–H and O–H groups in total. The van der Waals surface area contributed by atoms with Gasteiger partial charge in [0.05, 0.1) is 0 Å². The van der Waals surface area contributed by atoms with Crippen LogP contribution in [0.4, 0.5) is 0 Å². The van der Waals surface area contributed by atoms with Crippen LogP contribution < -0.4 is 0 Å². The van der Waals surface area contributed by atoms with Crippen molar-refractivity contribution in [3.8, 4) is 0 Å². The largest absolute Gasteiger partial charge is 0.0928 e. The summed E-state index contributed by atoms with van der Waals surface area (Å²) in [6.07, 6.45) is 1.18. The van der Waals surface area contributed by atoms with Crippen LogP contribution in [0.3, 0.4) is 0 Å². The monoisotopic (exact) mass is 304 g/mol. The van der Waals surface area contributed by atoms with Gasteiger partial charge in [0.25, 0.3) is 0 Å². The fourth-order valence-electron chi connectivity index (χ4n) is 1.35. The molecule has 0 amide bonds. The van der Waals surface area contributed by atoms with Gasteiger partial charge in [0.15, 0.2) is 0 Å². The molecule has 1 aromatic carbocycles. The highest BCUT2D eigenvalue weighted by Gasteiger charge is 2.07. The third-order valence-corrected chi connectivity index (χ3v) is 3.37. The maximum absolute atomic E-state index is 3.60. The molecule has 1 rings (SSSR count). The molecule has 0 radical (unpaired) electrons. The van der Waals surface area contributed by atoms with Crippen molar-refractivity contribution in [2.24, 2.45) is 0 Å². The van der Waals surface area contributed by atoms with Crippen molar-refractivity contribution in [2.45, 2.75) is 26.2 Å². The van der Waals surface area contributed by atoms with E-state index in [2.05, 4.69) is 63.9 Å². The molecule has 0 saturated carbocycles. The molecule has 2 heteroatoms. The zero-order chi connectivity index (χ0) is 9.84. The Labute approximate surface area is 97.0 Å². The third-order valence-electron chi connectivity index (χ3n) is 2.23. The Bertz CT molecular complexity index is 281. The quantitative estimate of drug-likeness (QED) is 0.713. The van der Waals surface area contributed by atoms with E-state index in [0.29, 0.717) is 5.92 Å². The van der Waals surface area contributed by atoms with E-state index in [9.17, 15) is 0 Å². The van der Waals surface area contributed by atoms with Gasteiger partial charge in [0.1, 0.15) is 0 Å². The average molecular weight is 306 g/mol. The van der Waals surface area contributed by atoms with Gasteiger partial charge in [-0.2, -0.15) is 0 Å². The smallest absolute Gasteiger partial charge is 0.0212 e. The second kappa shape index (κ2) is 5.16. The molecule has 0 spiro atoms. The summed E-state index contributed by atoms with van der Waals surface area (Å²) < 4.78 is 1.24. The van der Waals surface area contributed by atoms with E-state index in [1.807, 2.05) is 0 Å². The van der Waals surface area contributed by atoms with Gasteiger partial charge in [-0.05, 0) is 36.5 Å². The van der Waals surface area contributed by atoms with Crippen molar-refractivity contribution >= 4 is 31.9 Å². The number of halogens is 2. The van der Waals surface area contributed by atoms with Crippen molar-refractivity contribution in [3.05, 3.63) is 33.8 Å². The molecule has 0 nitrogen and oxygen atoms in total. The van der Waals surface area contributed by atoms with Crippen molar-refractivity contribution < 1.29 is 0 Å². The van der Waals surface area contributed by atoms with Gasteiger partial charge in [-0.1, -0.05) is 50.9 Å². The molecule has 0 bridgehead atoms. The summed E-state index contributed by atoms with van der Waals surface area (Å²) in [5.41, 5.74) is 2.71. The zero-order valence-electron chi connectivity index (χ0n) is 7.98. The van der Waals surface area contributed by atoms with Crippen LogP contribution >= 0.6 is 31.9 Å². The van der Waals surface area contributed by atoms with Gasteiger partial charge >= 0.3 is 0 Å². The normalized spacial score (nSPS) is 12.9. The van der Waals surface area contributed by atoms with E-state index < -0.39 is 0 Å². The van der Waals surface area contributed by atoms with Gasteiger partial charge < -0.3 is 0 Å². The topological polar surface area (TPSA) is 0 Å². The van der Waals surface area contributed by atoms with Gasteiger partial charge in [-0.3, -0.25) is 0 Å². The molecule has 1 aromatic rings. The minimum Gasteiger partial charge on any atom is -0.0928 e. The van der Waals surface area contributed by atoms with Crippen LogP contribution in [-0.4, -0.2) is 5.33 Å². The first-order chi connectivity index (χ1) is 6.15. The summed E-state index contributed by atoms with van der Waals surface area (Å²) >= 11 is 7.07. The number of benzene rings is 1. The molecule has 0 aliphatic carbocycles. The molecule has 0 saturated heterocycles. The minimum atomic E-state index is 0.620. The van der Waals surface area contributed by atoms with Crippen molar-refractivity contribution in [1.29, 1.82) is 0 Å². The molecule has 72 valence electrons. The molecule has 0 fully saturated rings. The number of hydrogen-bond donors (Lipinski definition) is 0. The van der Waals surface area contributed by atoms with E-state index >= 15 is 0 Å². The lowest BCUT2D eigenvalue weighted by atomic mass is 9.98. The Morgan fingerprint density at radius 1 is 1.38 bits per heavy atom. The highest BCUT2D eigenvalue weighted by Crippen LogP contribution is 2.28. The summed E-state index contributed by atoms with van der Waals surface area (Å²) in [7, 11) is 0. The van der Waals surface area contributed by atoms with E-state index in [1.165, 1.54) is 22.0 Å². The predicted molar refractivity (Wildman–Crippen MR) is 65.7 cm³/mol. The highest BCUT2D eigenvalue weighted by atomic mass is 79.9. The lowest BCUT2D eigenvalue weighted by Crippen LogP contribution is -1.95. The zero-order valence-corrected chi connectivity index (χ0v) is 11.2. The number of alkyl halides is 1. The Hall–Kier alpha value is 0.180. The molecule has 0 aliphatic rings. The summed E-state index contributed by atoms with van der Waals surface area (Å²) in [6.45, 7) is 4.38. The van der Waals surface area contributed by atoms with E-state index in [-0.39, 0.29) is 0 Å². The summed E-state index contributed by atoms with van der Waals surface area (Å²) in [4.78, 5) is 0. The van der Waals surface area contributed by atoms with Crippen molar-refractivity contribution in [3.63, 3.8) is 0 Å². The standard InChI is InChI=1S/C11H14Br2/c1-8-3-4-10(11(13)7-8)9(2)5-6-12/h3-4,7,9H,5-6H2,1-2H3. The molecular formula is C11H14Br2. The second-order valence-electron chi connectivity index (χ2n) is 3.40. The molecule has 1 atom stereocenters. The number of rotatable bonds is 3. The van der Waals surface area contributed by atoms with Crippen LogP contribution in [0.1, 0.15) is 30.4 Å². The molecule has 1 unspecified atom stereocenters. The summed E-state index contributed by atoms with van der Waals surface area (Å²) in [5.74, 6) is 0.620. The third kappa shape index (κ3) is 3.10. The first kappa shape index (κ1) is 11.3. The van der Waals surface area contributed by atoms with Crippen LogP contribution in [0.5, 0.6) is 0 Å². The van der Waals surface area contributed by atoms with E-state index in [0.717, 1.165) is 5.33 Å². The van der Waals surface area contributed by atoms with Crippen molar-refractivity contribution in [2.75, 3.05) is 5.33 Å². The molecule has 0 aliphatic heterocycles. The SMILES string of the molecule is Cc1ccc(C(C)CCBr)c(Br)c1. The van der Waals surface area contributed by atoms with Crippen molar-refractivity contribution in [1.82, 2.24) is 0 Å². The highest BCUT2D eigenvalue weighted by molar-refractivity contribution is 9.10. The molecular weight excluding hydrogens is 292 g/mol. The van der Waals surface area contributed by atoms with Crippen LogP contribution in [0, 0.1) is 6.92 Å². The van der Waals surface area contributed by atoms with Gasteiger partial charge in [-0.15, -0.1) is 0 Å². The van der Waals surface area contributed by atoms with Gasteiger partial charge in [-0.25, -0.2) is 0 Å². The van der Waals surface area contributed by atoms with Crippen LogP contribution in [0.15, 0.2) is 22.7 Å². The Balaban J connectivity index is 2.88. The molecule has 13 heavy (non-hydrogen) atoms. The Morgan fingerprint density at radius 3 is 2.62 bits per heavy atom. The first-order valence-electron chi connectivity index (χ1n) is 4.47. The fraction of sp³-hybridized carbons (Fsp3) is 0.455. The maximum atomic E-state index is 3.60. The summed E-state index contributed by atoms with van der Waals surface area (Å²) in [5, 5.41) is 1.06. The van der Waals surface area contributed by atoms with Crippen LogP contribution in [-0.2, 0) is 0 Å². The number of hydrogen-bond acceptors (Lipinski definition) is 0. The average Bonchev–Trinajstić information content (AvgIpc) is 2.04. The minimum absolute atomic E-state index is 0.620. The molecule has 0 aromatic heterocycles. The molecule has 0 heterocycles. The van der Waals surface area contributed by atoms with Crippen LogP contribution in [0.25, 0.3) is 0 Å². The maximum Gasteiger partial charge on any atom is 0.0212 e. The summed E-state index contributed by atoms with van der Waals surface area (Å²) in [6, 6.07) is 6.57. The van der Waals surface area contributed by atoms with E-state index in [1.54, 1.807) is 0 Å². The Kier molecular flexibility index (Phi) is 4.47. The second-order valence-corrected chi connectivity index (χ2v) is 5.05. The van der Waals surface area contributed by atoms with E-state index in [4.69, 9.17) is 0 Å². The van der Waals surface area contributed by atoms with Crippen LogP contribution in [0.2, 0.25) is 0 Å². The van der Waals surface area contributed by atoms with Gasteiger partial charge in [0.2, 0.25) is 0 Å². The Morgan fingerprint density at radius 2 is 2.08 bits per heavy atom. The lowest BCUT2D eigenvalue weighted by molar-refractivity contribution is 0.740. The lowest BCUT2D eigenvalue weighted by Gasteiger charge is -2.12. The van der Waals surface area contributed by atoms with Gasteiger partial charge in [0, 0.05) is 9.80 Å². The predicted octanol–water partition coefficient (Wildman–Crippen LogP) is 4.65. The number of aryl methyl sites for hydroxylation is 1. The fourth-order valence-corrected chi connectivity index (χ4v) is 2.92. The first-order valence-corrected chi connectivity index (χ1v) is 6.38.